The third-order valence-electron chi connectivity index (χ3n) is 5.34. The zero-order valence-corrected chi connectivity index (χ0v) is 17.5. The number of benzene rings is 2. The van der Waals surface area contributed by atoms with Gasteiger partial charge in [0.1, 0.15) is 17.8 Å². The van der Waals surface area contributed by atoms with E-state index in [0.29, 0.717) is 18.5 Å². The second-order valence-corrected chi connectivity index (χ2v) is 7.60. The molecule has 0 spiro atoms. The lowest BCUT2D eigenvalue weighted by atomic mass is 9.93. The Morgan fingerprint density at radius 2 is 1.87 bits per heavy atom. The minimum Gasteiger partial charge on any atom is -0.497 e. The lowest BCUT2D eigenvalue weighted by Gasteiger charge is -2.21. The second-order valence-electron chi connectivity index (χ2n) is 7.60. The van der Waals surface area contributed by atoms with Crippen molar-refractivity contribution in [3.05, 3.63) is 59.7 Å². The van der Waals surface area contributed by atoms with Crippen molar-refractivity contribution in [1.29, 1.82) is 0 Å². The number of carbonyl (C=O) groups is 3. The summed E-state index contributed by atoms with van der Waals surface area (Å²) in [5, 5.41) is 5.50. The number of amides is 4. The number of carbonyl (C=O) groups excluding carboxylic acids is 3. The van der Waals surface area contributed by atoms with Crippen molar-refractivity contribution >= 4 is 23.5 Å². The van der Waals surface area contributed by atoms with E-state index in [1.807, 2.05) is 49.4 Å². The van der Waals surface area contributed by atoms with E-state index in [4.69, 9.17) is 4.74 Å². The number of hydrogen-bond acceptors (Lipinski definition) is 4. The summed E-state index contributed by atoms with van der Waals surface area (Å²) in [7, 11) is 1.61. The quantitative estimate of drug-likeness (QED) is 0.656. The highest BCUT2D eigenvalue weighted by atomic mass is 16.5. The monoisotopic (exact) mass is 409 g/mol. The number of nitrogens with zero attached hydrogens (tertiary/aromatic N) is 1. The second kappa shape index (κ2) is 8.98. The molecule has 4 amide bonds. The van der Waals surface area contributed by atoms with E-state index >= 15 is 0 Å². The first-order valence-corrected chi connectivity index (χ1v) is 10.0. The molecule has 1 heterocycles. The minimum atomic E-state index is -1.04. The fourth-order valence-electron chi connectivity index (χ4n) is 3.46. The maximum Gasteiger partial charge on any atom is 0.325 e. The number of hydrogen-bond donors (Lipinski definition) is 2. The van der Waals surface area contributed by atoms with Gasteiger partial charge in [-0.05, 0) is 61.6 Å². The Morgan fingerprint density at radius 1 is 1.13 bits per heavy atom. The Bertz CT molecular complexity index is 942. The van der Waals surface area contributed by atoms with E-state index < -0.39 is 23.4 Å². The van der Waals surface area contributed by atoms with E-state index in [9.17, 15) is 14.4 Å². The normalized spacial score (nSPS) is 18.3. The third kappa shape index (κ3) is 4.79. The summed E-state index contributed by atoms with van der Waals surface area (Å²) < 4.78 is 5.15. The molecule has 3 rings (SSSR count). The average molecular weight is 409 g/mol. The maximum absolute atomic E-state index is 12.9. The van der Waals surface area contributed by atoms with Crippen LogP contribution in [0.15, 0.2) is 48.5 Å². The molecular formula is C23H27N3O4. The third-order valence-corrected chi connectivity index (χ3v) is 5.34. The Kier molecular flexibility index (Phi) is 6.40. The Labute approximate surface area is 176 Å². The molecule has 0 saturated carbocycles. The van der Waals surface area contributed by atoms with Crippen LogP contribution in [-0.4, -0.2) is 41.9 Å². The Morgan fingerprint density at radius 3 is 2.53 bits per heavy atom. The molecule has 0 bridgehead atoms. The van der Waals surface area contributed by atoms with E-state index in [0.717, 1.165) is 28.2 Å². The number of anilines is 1. The maximum atomic E-state index is 12.9. The van der Waals surface area contributed by atoms with Gasteiger partial charge in [-0.3, -0.25) is 14.5 Å². The number of imide groups is 1. The van der Waals surface area contributed by atoms with Gasteiger partial charge in [0.15, 0.2) is 0 Å². The molecular weight excluding hydrogens is 382 g/mol. The van der Waals surface area contributed by atoms with Gasteiger partial charge >= 0.3 is 6.03 Å². The van der Waals surface area contributed by atoms with Gasteiger partial charge in [0.2, 0.25) is 5.91 Å². The SMILES string of the molecule is CCc1cccc(NC(=O)CN2C(=O)NC(C)(CCc3ccc(OC)cc3)C2=O)c1. The average Bonchev–Trinajstić information content (AvgIpc) is 2.96. The highest BCUT2D eigenvalue weighted by Crippen LogP contribution is 2.24. The molecule has 2 aromatic rings. The predicted molar refractivity (Wildman–Crippen MR) is 114 cm³/mol. The van der Waals surface area contributed by atoms with Crippen LogP contribution in [0.25, 0.3) is 0 Å². The first-order valence-electron chi connectivity index (χ1n) is 10.0. The Balaban J connectivity index is 1.60. The van der Waals surface area contributed by atoms with E-state index in [2.05, 4.69) is 10.6 Å². The molecule has 1 aliphatic rings. The van der Waals surface area contributed by atoms with E-state index in [1.54, 1.807) is 20.1 Å². The molecule has 1 atom stereocenters. The standard InChI is InChI=1S/C23H27N3O4/c1-4-16-6-5-7-18(14-16)24-20(27)15-26-21(28)23(2,25-22(26)29)13-12-17-8-10-19(30-3)11-9-17/h5-11,14H,4,12-13,15H2,1-3H3,(H,24,27)(H,25,29). The van der Waals surface area contributed by atoms with Crippen LogP contribution in [0.4, 0.5) is 10.5 Å². The fraction of sp³-hybridized carbons (Fsp3) is 0.348. The highest BCUT2D eigenvalue weighted by Gasteiger charge is 2.47. The van der Waals surface area contributed by atoms with Crippen LogP contribution >= 0.6 is 0 Å². The largest absolute Gasteiger partial charge is 0.497 e. The highest BCUT2D eigenvalue weighted by molar-refractivity contribution is 6.09. The molecule has 1 saturated heterocycles. The fourth-order valence-corrected chi connectivity index (χ4v) is 3.46. The zero-order chi connectivity index (χ0) is 21.7. The minimum absolute atomic E-state index is 0.320. The van der Waals surface area contributed by atoms with Crippen molar-refractivity contribution in [2.45, 2.75) is 38.6 Å². The van der Waals surface area contributed by atoms with Crippen molar-refractivity contribution in [3.8, 4) is 5.75 Å². The summed E-state index contributed by atoms with van der Waals surface area (Å²) in [6, 6.07) is 14.5. The number of ether oxygens (including phenoxy) is 1. The van der Waals surface area contributed by atoms with Gasteiger partial charge in [0.05, 0.1) is 7.11 Å². The van der Waals surface area contributed by atoms with Crippen LogP contribution in [0.1, 0.15) is 31.4 Å². The topological polar surface area (TPSA) is 87.7 Å². The molecule has 0 aliphatic carbocycles. The predicted octanol–water partition coefficient (Wildman–Crippen LogP) is 3.14. The van der Waals surface area contributed by atoms with Gasteiger partial charge in [-0.25, -0.2) is 4.79 Å². The summed E-state index contributed by atoms with van der Waals surface area (Å²) in [6.45, 7) is 3.40. The van der Waals surface area contributed by atoms with Crippen LogP contribution in [0, 0.1) is 0 Å². The number of urea groups is 1. The molecule has 0 radical (unpaired) electrons. The smallest absolute Gasteiger partial charge is 0.325 e. The zero-order valence-electron chi connectivity index (χ0n) is 17.5. The first-order chi connectivity index (χ1) is 14.3. The van der Waals surface area contributed by atoms with Crippen molar-refractivity contribution in [2.24, 2.45) is 0 Å². The number of rotatable bonds is 8. The van der Waals surface area contributed by atoms with Crippen molar-refractivity contribution in [2.75, 3.05) is 19.0 Å². The van der Waals surface area contributed by atoms with Crippen molar-refractivity contribution in [3.63, 3.8) is 0 Å². The van der Waals surface area contributed by atoms with Crippen LogP contribution in [0.3, 0.4) is 0 Å². The van der Waals surface area contributed by atoms with Gasteiger partial charge in [0.25, 0.3) is 5.91 Å². The van der Waals surface area contributed by atoms with E-state index in [1.165, 1.54) is 0 Å². The van der Waals surface area contributed by atoms with Crippen molar-refractivity contribution < 1.29 is 19.1 Å². The van der Waals surface area contributed by atoms with Crippen LogP contribution < -0.4 is 15.4 Å². The van der Waals surface area contributed by atoms with E-state index in [-0.39, 0.29) is 6.54 Å². The van der Waals surface area contributed by atoms with Gasteiger partial charge in [-0.2, -0.15) is 0 Å². The summed E-state index contributed by atoms with van der Waals surface area (Å²) in [4.78, 5) is 38.7. The van der Waals surface area contributed by atoms with Gasteiger partial charge < -0.3 is 15.4 Å². The van der Waals surface area contributed by atoms with Gasteiger partial charge in [0, 0.05) is 5.69 Å². The van der Waals surface area contributed by atoms with Gasteiger partial charge in [-0.1, -0.05) is 31.2 Å². The van der Waals surface area contributed by atoms with Crippen LogP contribution in [0.2, 0.25) is 0 Å². The molecule has 158 valence electrons. The molecule has 2 aromatic carbocycles. The molecule has 1 fully saturated rings. The number of aryl methyl sites for hydroxylation is 2. The Hall–Kier alpha value is -3.35. The molecule has 7 heteroatoms. The molecule has 0 aromatic heterocycles. The molecule has 30 heavy (non-hydrogen) atoms. The molecule has 1 unspecified atom stereocenters. The molecule has 1 aliphatic heterocycles. The van der Waals surface area contributed by atoms with Crippen LogP contribution in [-0.2, 0) is 22.4 Å². The molecule has 7 nitrogen and oxygen atoms in total. The summed E-state index contributed by atoms with van der Waals surface area (Å²) in [6.07, 6.45) is 1.89. The van der Waals surface area contributed by atoms with Crippen molar-refractivity contribution in [1.82, 2.24) is 10.2 Å². The number of nitrogens with one attached hydrogen (secondary N) is 2. The number of methoxy groups -OCH3 is 1. The lowest BCUT2D eigenvalue weighted by molar-refractivity contribution is -0.133. The van der Waals surface area contributed by atoms with Gasteiger partial charge in [-0.15, -0.1) is 0 Å². The van der Waals surface area contributed by atoms with Crippen LogP contribution in [0.5, 0.6) is 5.75 Å². The lowest BCUT2D eigenvalue weighted by Crippen LogP contribution is -2.45. The summed E-state index contributed by atoms with van der Waals surface area (Å²) >= 11 is 0. The summed E-state index contributed by atoms with van der Waals surface area (Å²) in [5.74, 6) is -0.0403. The summed E-state index contributed by atoms with van der Waals surface area (Å²) in [5.41, 5.74) is 1.73. The molecule has 2 N–H and O–H groups in total. The first kappa shape index (κ1) is 21.4.